The van der Waals surface area contributed by atoms with Crippen LogP contribution in [-0.2, 0) is 4.79 Å². The first-order valence-electron chi connectivity index (χ1n) is 9.61. The summed E-state index contributed by atoms with van der Waals surface area (Å²) in [4.78, 5) is 16.0. The van der Waals surface area contributed by atoms with Gasteiger partial charge >= 0.3 is 0 Å². The van der Waals surface area contributed by atoms with E-state index in [1.807, 2.05) is 24.6 Å². The molecule has 28 heavy (non-hydrogen) atoms. The van der Waals surface area contributed by atoms with E-state index < -0.39 is 0 Å². The average Bonchev–Trinajstić information content (AvgIpc) is 3.21. The molecule has 0 radical (unpaired) electrons. The predicted octanol–water partition coefficient (Wildman–Crippen LogP) is 3.84. The normalized spacial score (nSPS) is 16.4. The summed E-state index contributed by atoms with van der Waals surface area (Å²) in [5.74, 6) is 0.511. The predicted molar refractivity (Wildman–Crippen MR) is 116 cm³/mol. The number of hydrogen-bond donors (Lipinski definition) is 2. The summed E-state index contributed by atoms with van der Waals surface area (Å²) in [6, 6.07) is 10.1. The molecule has 1 aliphatic heterocycles. The third kappa shape index (κ3) is 6.55. The zero-order valence-corrected chi connectivity index (χ0v) is 17.8. The number of hydrogen-bond acceptors (Lipinski definition) is 4. The molecule has 2 N–H and O–H groups in total. The molecule has 1 aromatic heterocycles. The first-order chi connectivity index (χ1) is 13.2. The highest BCUT2D eigenvalue weighted by molar-refractivity contribution is 7.10. The molecule has 0 saturated carbocycles. The van der Waals surface area contributed by atoms with Gasteiger partial charge in [0.1, 0.15) is 5.82 Å². The van der Waals surface area contributed by atoms with Crippen LogP contribution in [0.5, 0.6) is 0 Å². The Kier molecular flexibility index (Phi) is 9.38. The highest BCUT2D eigenvalue weighted by Crippen LogP contribution is 2.26. The molecule has 2 heterocycles. The lowest BCUT2D eigenvalue weighted by Gasteiger charge is -2.32. The number of nitrogens with zero attached hydrogens (tertiary/aromatic N) is 1. The average molecular weight is 426 g/mol. The fraction of sp³-hybridized carbons (Fsp3) is 0.476. The van der Waals surface area contributed by atoms with Crippen LogP contribution >= 0.6 is 23.7 Å². The van der Waals surface area contributed by atoms with Crippen LogP contribution < -0.4 is 10.6 Å². The maximum Gasteiger partial charge on any atom is 0.234 e. The van der Waals surface area contributed by atoms with Gasteiger partial charge in [0.2, 0.25) is 5.91 Å². The maximum atomic E-state index is 13.3. The van der Waals surface area contributed by atoms with Crippen molar-refractivity contribution in [1.82, 2.24) is 15.5 Å². The van der Waals surface area contributed by atoms with E-state index in [1.165, 1.54) is 18.6 Å². The van der Waals surface area contributed by atoms with E-state index in [2.05, 4.69) is 15.5 Å². The van der Waals surface area contributed by atoms with Crippen LogP contribution in [0.3, 0.4) is 0 Å². The molecule has 1 fully saturated rings. The zero-order valence-electron chi connectivity index (χ0n) is 16.2. The molecule has 1 aliphatic rings. The van der Waals surface area contributed by atoms with Crippen LogP contribution in [0.15, 0.2) is 41.8 Å². The van der Waals surface area contributed by atoms with Crippen molar-refractivity contribution in [2.24, 2.45) is 5.92 Å². The minimum Gasteiger partial charge on any atom is -0.343 e. The second kappa shape index (κ2) is 11.5. The van der Waals surface area contributed by atoms with Crippen LogP contribution in [0.25, 0.3) is 0 Å². The van der Waals surface area contributed by atoms with Crippen LogP contribution in [0.1, 0.15) is 35.7 Å². The van der Waals surface area contributed by atoms with Gasteiger partial charge in [-0.15, -0.1) is 23.7 Å². The molecule has 154 valence electrons. The summed E-state index contributed by atoms with van der Waals surface area (Å²) in [6.07, 6.45) is 3.52. The Morgan fingerprint density at radius 1 is 1.25 bits per heavy atom. The Morgan fingerprint density at radius 2 is 1.96 bits per heavy atom. The molecule has 4 nitrogen and oxygen atoms in total. The Labute approximate surface area is 176 Å². The standard InChI is InChI=1S/C21H28FN3OS.ClH/c1-23-11-8-16-9-12-25(13-10-16)15-20(26)24-21(19-3-2-14-27-19)17-4-6-18(22)7-5-17;/h2-7,14,16,21,23H,8-13,15H2,1H3,(H,24,26);1H. The van der Waals surface area contributed by atoms with E-state index in [0.717, 1.165) is 48.8 Å². The molecular formula is C21H29ClFN3OS. The van der Waals surface area contributed by atoms with Crippen molar-refractivity contribution in [3.8, 4) is 0 Å². The van der Waals surface area contributed by atoms with Gasteiger partial charge in [0, 0.05) is 4.88 Å². The number of rotatable bonds is 8. The SMILES string of the molecule is CNCCC1CCN(CC(=O)NC(c2ccc(F)cc2)c2cccs2)CC1.Cl. The summed E-state index contributed by atoms with van der Waals surface area (Å²) < 4.78 is 13.3. The number of likely N-dealkylation sites (tertiary alicyclic amines) is 1. The Bertz CT molecular complexity index is 703. The van der Waals surface area contributed by atoms with Gasteiger partial charge < -0.3 is 10.6 Å². The topological polar surface area (TPSA) is 44.4 Å². The van der Waals surface area contributed by atoms with Gasteiger partial charge in [-0.3, -0.25) is 9.69 Å². The molecule has 0 spiro atoms. The van der Waals surface area contributed by atoms with Crippen molar-refractivity contribution in [3.05, 3.63) is 58.0 Å². The number of piperidine rings is 1. The van der Waals surface area contributed by atoms with Crippen molar-refractivity contribution < 1.29 is 9.18 Å². The van der Waals surface area contributed by atoms with Crippen molar-refractivity contribution >= 4 is 29.7 Å². The molecule has 1 atom stereocenters. The molecule has 1 amide bonds. The van der Waals surface area contributed by atoms with E-state index in [1.54, 1.807) is 23.5 Å². The van der Waals surface area contributed by atoms with Gasteiger partial charge in [0.15, 0.2) is 0 Å². The highest BCUT2D eigenvalue weighted by Gasteiger charge is 2.23. The van der Waals surface area contributed by atoms with E-state index in [9.17, 15) is 9.18 Å². The van der Waals surface area contributed by atoms with Crippen LogP contribution in [-0.4, -0.2) is 44.0 Å². The minimum absolute atomic E-state index is 0. The Morgan fingerprint density at radius 3 is 2.57 bits per heavy atom. The Hall–Kier alpha value is -1.47. The Balaban J connectivity index is 0.00000280. The highest BCUT2D eigenvalue weighted by atomic mass is 35.5. The monoisotopic (exact) mass is 425 g/mol. The van der Waals surface area contributed by atoms with Gasteiger partial charge in [-0.05, 0) is 81.0 Å². The third-order valence-electron chi connectivity index (χ3n) is 5.21. The van der Waals surface area contributed by atoms with Crippen molar-refractivity contribution in [2.75, 3.05) is 33.2 Å². The molecule has 0 aliphatic carbocycles. The summed E-state index contributed by atoms with van der Waals surface area (Å²) >= 11 is 1.60. The number of carbonyl (C=O) groups excluding carboxylic acids is 1. The summed E-state index contributed by atoms with van der Waals surface area (Å²) in [5, 5.41) is 8.35. The van der Waals surface area contributed by atoms with Crippen LogP contribution in [0.4, 0.5) is 4.39 Å². The lowest BCUT2D eigenvalue weighted by atomic mass is 9.93. The molecular weight excluding hydrogens is 397 g/mol. The van der Waals surface area contributed by atoms with Gasteiger partial charge in [-0.1, -0.05) is 18.2 Å². The smallest absolute Gasteiger partial charge is 0.234 e. The van der Waals surface area contributed by atoms with Crippen molar-refractivity contribution in [1.29, 1.82) is 0 Å². The van der Waals surface area contributed by atoms with Crippen LogP contribution in [0.2, 0.25) is 0 Å². The zero-order chi connectivity index (χ0) is 19.1. The van der Waals surface area contributed by atoms with Crippen molar-refractivity contribution in [2.45, 2.75) is 25.3 Å². The van der Waals surface area contributed by atoms with E-state index in [-0.39, 0.29) is 30.2 Å². The van der Waals surface area contributed by atoms with Gasteiger partial charge in [0.05, 0.1) is 12.6 Å². The second-order valence-corrected chi connectivity index (χ2v) is 8.16. The van der Waals surface area contributed by atoms with E-state index in [0.29, 0.717) is 6.54 Å². The fourth-order valence-corrected chi connectivity index (χ4v) is 4.42. The first-order valence-corrected chi connectivity index (χ1v) is 10.5. The number of benzene rings is 1. The number of amides is 1. The molecule has 1 unspecified atom stereocenters. The third-order valence-corrected chi connectivity index (χ3v) is 6.15. The lowest BCUT2D eigenvalue weighted by molar-refractivity contribution is -0.123. The molecule has 0 bridgehead atoms. The van der Waals surface area contributed by atoms with Crippen LogP contribution in [0, 0.1) is 11.7 Å². The number of thiophene rings is 1. The largest absolute Gasteiger partial charge is 0.343 e. The first kappa shape index (κ1) is 22.8. The van der Waals surface area contributed by atoms with Gasteiger partial charge in [0.25, 0.3) is 0 Å². The second-order valence-electron chi connectivity index (χ2n) is 7.18. The molecule has 7 heteroatoms. The number of nitrogens with one attached hydrogen (secondary N) is 2. The number of carbonyl (C=O) groups is 1. The molecule has 1 aromatic carbocycles. The fourth-order valence-electron chi connectivity index (χ4n) is 3.62. The van der Waals surface area contributed by atoms with E-state index >= 15 is 0 Å². The minimum atomic E-state index is -0.267. The summed E-state index contributed by atoms with van der Waals surface area (Å²) in [6.45, 7) is 3.43. The van der Waals surface area contributed by atoms with Gasteiger partial charge in [-0.2, -0.15) is 0 Å². The van der Waals surface area contributed by atoms with Crippen molar-refractivity contribution in [3.63, 3.8) is 0 Å². The van der Waals surface area contributed by atoms with E-state index in [4.69, 9.17) is 0 Å². The maximum absolute atomic E-state index is 13.3. The summed E-state index contributed by atoms with van der Waals surface area (Å²) in [7, 11) is 1.99. The van der Waals surface area contributed by atoms with Gasteiger partial charge in [-0.25, -0.2) is 4.39 Å². The summed E-state index contributed by atoms with van der Waals surface area (Å²) in [5.41, 5.74) is 0.901. The molecule has 2 aromatic rings. The molecule has 1 saturated heterocycles. The molecule has 3 rings (SSSR count). The number of halogens is 2. The lowest BCUT2D eigenvalue weighted by Crippen LogP contribution is -2.42. The quantitative estimate of drug-likeness (QED) is 0.675.